The minimum atomic E-state index is -0.295. The summed E-state index contributed by atoms with van der Waals surface area (Å²) in [4.78, 5) is 0. The van der Waals surface area contributed by atoms with Crippen molar-refractivity contribution in [2.75, 3.05) is 5.32 Å². The van der Waals surface area contributed by atoms with Gasteiger partial charge in [-0.05, 0) is 43.3 Å². The zero-order valence-corrected chi connectivity index (χ0v) is 12.8. The molecular formula is C16H14FN7. The lowest BCUT2D eigenvalue weighted by Gasteiger charge is -2.12. The number of halogens is 1. The fourth-order valence-corrected chi connectivity index (χ4v) is 2.45. The van der Waals surface area contributed by atoms with Gasteiger partial charge in [0, 0.05) is 17.3 Å². The van der Waals surface area contributed by atoms with Crippen LogP contribution in [0.1, 0.15) is 18.5 Å². The fraction of sp³-hybridized carbons (Fsp3) is 0.125. The number of benzene rings is 1. The van der Waals surface area contributed by atoms with Crippen molar-refractivity contribution in [1.29, 1.82) is 0 Å². The van der Waals surface area contributed by atoms with Crippen LogP contribution in [0.4, 0.5) is 10.2 Å². The smallest absolute Gasteiger partial charge is 0.185 e. The number of rotatable bonds is 4. The minimum Gasteiger partial charge on any atom is -0.362 e. The van der Waals surface area contributed by atoms with Gasteiger partial charge in [-0.1, -0.05) is 0 Å². The molecule has 24 heavy (non-hydrogen) atoms. The van der Waals surface area contributed by atoms with E-state index in [4.69, 9.17) is 0 Å². The van der Waals surface area contributed by atoms with Crippen molar-refractivity contribution in [3.63, 3.8) is 0 Å². The summed E-state index contributed by atoms with van der Waals surface area (Å²) >= 11 is 0. The van der Waals surface area contributed by atoms with Crippen molar-refractivity contribution in [1.82, 2.24) is 30.0 Å². The first-order chi connectivity index (χ1) is 11.7. The summed E-state index contributed by atoms with van der Waals surface area (Å²) < 4.78 is 14.7. The van der Waals surface area contributed by atoms with Crippen LogP contribution in [0.3, 0.4) is 0 Å². The molecule has 0 aliphatic heterocycles. The maximum atomic E-state index is 13.1. The van der Waals surface area contributed by atoms with E-state index in [1.54, 1.807) is 22.8 Å². The molecule has 4 aromatic rings. The van der Waals surface area contributed by atoms with Gasteiger partial charge >= 0.3 is 0 Å². The van der Waals surface area contributed by atoms with Crippen LogP contribution in [0.25, 0.3) is 17.0 Å². The summed E-state index contributed by atoms with van der Waals surface area (Å²) in [7, 11) is 0. The molecule has 3 heterocycles. The predicted octanol–water partition coefficient (Wildman–Crippen LogP) is 2.83. The average molecular weight is 323 g/mol. The largest absolute Gasteiger partial charge is 0.362 e. The van der Waals surface area contributed by atoms with Crippen molar-refractivity contribution in [2.24, 2.45) is 0 Å². The maximum Gasteiger partial charge on any atom is 0.185 e. The molecule has 0 aliphatic rings. The lowest BCUT2D eigenvalue weighted by Crippen LogP contribution is -2.09. The number of H-pyrrole nitrogens is 1. The van der Waals surface area contributed by atoms with E-state index in [1.165, 1.54) is 12.1 Å². The molecule has 2 N–H and O–H groups in total. The van der Waals surface area contributed by atoms with E-state index in [1.807, 2.05) is 25.3 Å². The molecule has 4 rings (SSSR count). The van der Waals surface area contributed by atoms with Gasteiger partial charge in [-0.25, -0.2) is 4.39 Å². The molecule has 0 saturated carbocycles. The van der Waals surface area contributed by atoms with Gasteiger partial charge < -0.3 is 5.32 Å². The van der Waals surface area contributed by atoms with Gasteiger partial charge in [0.1, 0.15) is 11.6 Å². The molecule has 0 saturated heterocycles. The molecule has 0 spiro atoms. The summed E-state index contributed by atoms with van der Waals surface area (Å²) in [5, 5.41) is 22.8. The minimum absolute atomic E-state index is 0.0412. The highest BCUT2D eigenvalue weighted by Crippen LogP contribution is 2.20. The highest BCUT2D eigenvalue weighted by molar-refractivity contribution is 5.59. The van der Waals surface area contributed by atoms with E-state index in [9.17, 15) is 4.39 Å². The number of nitrogens with one attached hydrogen (secondary N) is 2. The third kappa shape index (κ3) is 2.58. The Labute approximate surface area is 136 Å². The molecule has 1 unspecified atom stereocenters. The normalized spacial score (nSPS) is 12.4. The average Bonchev–Trinajstić information content (AvgIpc) is 3.25. The zero-order chi connectivity index (χ0) is 16.5. The second-order valence-electron chi connectivity index (χ2n) is 5.42. The first-order valence-electron chi connectivity index (χ1n) is 7.44. The third-order valence-corrected chi connectivity index (χ3v) is 3.75. The van der Waals surface area contributed by atoms with Crippen LogP contribution in [-0.4, -0.2) is 30.0 Å². The summed E-state index contributed by atoms with van der Waals surface area (Å²) in [5.74, 6) is 0.945. The Kier molecular flexibility index (Phi) is 3.42. The highest BCUT2D eigenvalue weighted by Gasteiger charge is 2.12. The number of nitrogens with zero attached hydrogens (tertiary/aromatic N) is 5. The Morgan fingerprint density at radius 1 is 1.12 bits per heavy atom. The third-order valence-electron chi connectivity index (χ3n) is 3.75. The van der Waals surface area contributed by atoms with Crippen LogP contribution in [0.5, 0.6) is 0 Å². The van der Waals surface area contributed by atoms with Gasteiger partial charge in [-0.2, -0.15) is 9.61 Å². The van der Waals surface area contributed by atoms with E-state index >= 15 is 0 Å². The zero-order valence-electron chi connectivity index (χ0n) is 12.8. The number of aromatic amines is 1. The second kappa shape index (κ2) is 5.73. The molecule has 0 aliphatic carbocycles. The van der Waals surface area contributed by atoms with Gasteiger partial charge in [0.05, 0.1) is 12.2 Å². The number of anilines is 1. The lowest BCUT2D eigenvalue weighted by molar-refractivity contribution is 0.628. The van der Waals surface area contributed by atoms with Crippen LogP contribution in [-0.2, 0) is 0 Å². The molecular weight excluding hydrogens is 309 g/mol. The molecule has 1 atom stereocenters. The quantitative estimate of drug-likeness (QED) is 0.603. The summed E-state index contributed by atoms with van der Waals surface area (Å²) in [5.41, 5.74) is 2.40. The van der Waals surface area contributed by atoms with Crippen molar-refractivity contribution in [3.05, 3.63) is 60.2 Å². The Balaban J connectivity index is 1.69. The fourth-order valence-electron chi connectivity index (χ4n) is 2.45. The molecule has 0 bridgehead atoms. The lowest BCUT2D eigenvalue weighted by atomic mass is 10.2. The molecule has 1 aromatic carbocycles. The molecule has 120 valence electrons. The second-order valence-corrected chi connectivity index (χ2v) is 5.42. The molecule has 7 nitrogen and oxygen atoms in total. The number of hydrogen-bond donors (Lipinski definition) is 2. The highest BCUT2D eigenvalue weighted by atomic mass is 19.1. The monoisotopic (exact) mass is 323 g/mol. The van der Waals surface area contributed by atoms with Gasteiger partial charge in [0.15, 0.2) is 11.5 Å². The molecule has 0 amide bonds. The van der Waals surface area contributed by atoms with E-state index < -0.39 is 0 Å². The summed E-state index contributed by atoms with van der Waals surface area (Å²) in [6, 6.07) is 9.80. The Bertz CT molecular complexity index is 960. The van der Waals surface area contributed by atoms with Crippen molar-refractivity contribution in [2.45, 2.75) is 13.0 Å². The van der Waals surface area contributed by atoms with Gasteiger partial charge in [-0.3, -0.25) is 5.10 Å². The van der Waals surface area contributed by atoms with E-state index in [-0.39, 0.29) is 11.9 Å². The predicted molar refractivity (Wildman–Crippen MR) is 86.8 cm³/mol. The molecule has 0 radical (unpaired) electrons. The SMILES string of the molecule is CC(Nc1ccc2nnc(-c3ccc(F)cc3)n2n1)c1cn[nH]c1. The molecule has 8 heteroatoms. The maximum absolute atomic E-state index is 13.1. The first kappa shape index (κ1) is 14.3. The standard InChI is InChI=1S/C16H14FN7/c1-10(12-8-18-19-9-12)20-14-6-7-15-21-22-16(24(15)23-14)11-2-4-13(17)5-3-11/h2-10H,1H3,(H,18,19)(H,20,23). The van der Waals surface area contributed by atoms with E-state index in [2.05, 4.69) is 30.8 Å². The van der Waals surface area contributed by atoms with Crippen LogP contribution >= 0.6 is 0 Å². The topological polar surface area (TPSA) is 83.8 Å². The van der Waals surface area contributed by atoms with Gasteiger partial charge in [-0.15, -0.1) is 15.3 Å². The number of fused-ring (bicyclic) bond motifs is 1. The van der Waals surface area contributed by atoms with Crippen LogP contribution in [0.15, 0.2) is 48.8 Å². The van der Waals surface area contributed by atoms with Gasteiger partial charge in [0.2, 0.25) is 0 Å². The van der Waals surface area contributed by atoms with Crippen molar-refractivity contribution < 1.29 is 4.39 Å². The van der Waals surface area contributed by atoms with Crippen LogP contribution in [0, 0.1) is 5.82 Å². The van der Waals surface area contributed by atoms with Crippen molar-refractivity contribution >= 4 is 11.5 Å². The summed E-state index contributed by atoms with van der Waals surface area (Å²) in [6.07, 6.45) is 3.60. The van der Waals surface area contributed by atoms with E-state index in [0.29, 0.717) is 17.3 Å². The Hall–Kier alpha value is -3.29. The number of aromatic nitrogens is 6. The van der Waals surface area contributed by atoms with Crippen molar-refractivity contribution in [3.8, 4) is 11.4 Å². The number of hydrogen-bond acceptors (Lipinski definition) is 5. The first-order valence-corrected chi connectivity index (χ1v) is 7.44. The Morgan fingerprint density at radius 3 is 2.71 bits per heavy atom. The van der Waals surface area contributed by atoms with E-state index in [0.717, 1.165) is 11.1 Å². The summed E-state index contributed by atoms with van der Waals surface area (Å²) in [6.45, 7) is 2.02. The Morgan fingerprint density at radius 2 is 1.96 bits per heavy atom. The van der Waals surface area contributed by atoms with Gasteiger partial charge in [0.25, 0.3) is 0 Å². The van der Waals surface area contributed by atoms with Crippen LogP contribution in [0.2, 0.25) is 0 Å². The van der Waals surface area contributed by atoms with Crippen LogP contribution < -0.4 is 5.32 Å². The molecule has 3 aromatic heterocycles. The molecule has 0 fully saturated rings.